The zero-order valence-corrected chi connectivity index (χ0v) is 74.6. The number of amides is 1. The lowest BCUT2D eigenvalue weighted by Crippen LogP contribution is -2.47. The number of aliphatic hydroxyl groups is 1. The van der Waals surface area contributed by atoms with Crippen LogP contribution in [-0.4, -0.2) is 253 Å². The second kappa shape index (κ2) is 38.5. The fourth-order valence-corrected chi connectivity index (χ4v) is 20.4. The normalized spacial score (nSPS) is 23.7. The van der Waals surface area contributed by atoms with E-state index in [1.807, 2.05) is 72.7 Å². The summed E-state index contributed by atoms with van der Waals surface area (Å²) in [5.74, 6) is -0.404. The number of aromatic amines is 1. The maximum Gasteiger partial charge on any atom is 0.416 e. The Hall–Kier alpha value is -4.76. The molecule has 6 aromatic heterocycles. The molecule has 10 heterocycles. The fraction of sp³-hybridized carbons (Fsp3) is 0.792. The van der Waals surface area contributed by atoms with Crippen LogP contribution in [0.25, 0.3) is 11.0 Å². The van der Waals surface area contributed by atoms with Gasteiger partial charge in [0.25, 0.3) is 0 Å². The van der Waals surface area contributed by atoms with Gasteiger partial charge in [0.1, 0.15) is 78.7 Å². The van der Waals surface area contributed by atoms with Crippen LogP contribution in [0.2, 0.25) is 61.9 Å². The summed E-state index contributed by atoms with van der Waals surface area (Å²) in [6.45, 7) is 32.4. The van der Waals surface area contributed by atoms with Gasteiger partial charge in [-0.1, -0.05) is 70.2 Å². The molecule has 2 aliphatic carbocycles. The van der Waals surface area contributed by atoms with E-state index < -0.39 is 121 Å². The molecule has 43 heteroatoms. The van der Waals surface area contributed by atoms with Gasteiger partial charge in [-0.3, -0.25) is 14.0 Å². The molecule has 0 bridgehead atoms. The quantitative estimate of drug-likeness (QED) is 0.0182. The van der Waals surface area contributed by atoms with Crippen molar-refractivity contribution in [2.75, 3.05) is 89.5 Å². The summed E-state index contributed by atoms with van der Waals surface area (Å²) < 4.78 is 139. The number of ether oxygens (including phenoxy) is 13. The van der Waals surface area contributed by atoms with E-state index in [0.29, 0.717) is 53.6 Å². The first-order chi connectivity index (χ1) is 54.5. The minimum Gasteiger partial charge on any atom is -0.443 e. The Morgan fingerprint density at radius 1 is 0.643 bits per heavy atom. The van der Waals surface area contributed by atoms with Gasteiger partial charge in [0.05, 0.1) is 77.5 Å². The highest BCUT2D eigenvalue weighted by molar-refractivity contribution is 7.55. The van der Waals surface area contributed by atoms with Crippen molar-refractivity contribution in [3.63, 3.8) is 0 Å². The number of rotatable bonds is 41. The minimum absolute atomic E-state index is 0.0361. The molecule has 0 spiro atoms. The van der Waals surface area contributed by atoms with Gasteiger partial charge in [-0.05, 0) is 167 Å². The van der Waals surface area contributed by atoms with Crippen molar-refractivity contribution >= 4 is 83.3 Å². The molecule has 644 valence electrons. The van der Waals surface area contributed by atoms with Crippen molar-refractivity contribution < 1.29 is 98.7 Å². The summed E-state index contributed by atoms with van der Waals surface area (Å²) in [4.78, 5) is 26.0. The lowest BCUT2D eigenvalue weighted by atomic mass is 10.1. The predicted molar refractivity (Wildman–Crippen MR) is 426 cm³/mol. The summed E-state index contributed by atoms with van der Waals surface area (Å²) >= 11 is 13.1. The topological polar surface area (TPSA) is 402 Å². The third-order valence-electron chi connectivity index (χ3n) is 20.1. The first-order valence-corrected chi connectivity index (χ1v) is 51.1. The molecule has 6 aliphatic rings. The molecule has 3 N–H and O–H groups in total. The second-order valence-electron chi connectivity index (χ2n) is 33.7. The third-order valence-corrected chi connectivity index (χ3v) is 29.0. The molecule has 2 saturated carbocycles. The molecule has 0 aromatic carbocycles. The number of carbonyl (C=O) groups is 1. The number of hydrogen-bond donors (Lipinski definition) is 3. The Bertz CT molecular complexity index is 4220. The number of carbonyl (C=O) groups excluding carboxylic acids is 1. The van der Waals surface area contributed by atoms with Gasteiger partial charge in [0.2, 0.25) is 21.3 Å². The summed E-state index contributed by atoms with van der Waals surface area (Å²) in [5.41, 5.74) is 1.81. The van der Waals surface area contributed by atoms with Crippen LogP contribution in [0, 0.1) is 0 Å². The molecule has 12 rings (SSSR count). The van der Waals surface area contributed by atoms with E-state index in [9.17, 15) is 14.5 Å². The van der Waals surface area contributed by atoms with Crippen molar-refractivity contribution in [1.29, 1.82) is 0 Å². The number of anilines is 2. The smallest absolute Gasteiger partial charge is 0.416 e. The highest BCUT2D eigenvalue weighted by Gasteiger charge is 2.62. The van der Waals surface area contributed by atoms with E-state index in [4.69, 9.17) is 103 Å². The summed E-state index contributed by atoms with van der Waals surface area (Å²) in [7, 11) is -11.1. The average Bonchev–Trinajstić information content (AvgIpc) is 1.59. The Kier molecular flexibility index (Phi) is 30.5. The van der Waals surface area contributed by atoms with Gasteiger partial charge in [-0.25, -0.2) is 13.8 Å². The number of halogens is 2. The lowest BCUT2D eigenvalue weighted by molar-refractivity contribution is -0.200. The average molecular weight is 1730 g/mol. The number of nitrogens with zero attached hydrogens (tertiary/aromatic N) is 14. The van der Waals surface area contributed by atoms with E-state index in [2.05, 4.69) is 101 Å². The first kappa shape index (κ1) is 91.0. The summed E-state index contributed by atoms with van der Waals surface area (Å²) in [6, 6.07) is 9.56. The van der Waals surface area contributed by atoms with Gasteiger partial charge in [-0.15, -0.1) is 35.4 Å². The molecule has 0 radical (unpaired) electrons. The Labute approximate surface area is 683 Å². The van der Waals surface area contributed by atoms with Crippen LogP contribution in [0.15, 0.2) is 24.3 Å². The van der Waals surface area contributed by atoms with Crippen molar-refractivity contribution in [1.82, 2.24) is 70.0 Å². The Balaban J connectivity index is 0.000000241. The summed E-state index contributed by atoms with van der Waals surface area (Å²) in [6.07, 6.45) is 2.09. The first-order valence-electron chi connectivity index (χ1n) is 39.8. The molecule has 115 heavy (non-hydrogen) atoms. The molecular weight excluding hydrogens is 1610 g/mol. The van der Waals surface area contributed by atoms with Gasteiger partial charge >= 0.3 is 21.3 Å². The van der Waals surface area contributed by atoms with Crippen LogP contribution in [0.5, 0.6) is 0 Å². The zero-order chi connectivity index (χ0) is 82.9. The SMILES string of the molecule is CCOP(=O)(OCC)[C@@](CO)(COCc1nn[nH]n1)OC[C@H]1O[C@H](c2ccc3c(NC4CCCC4)nc(Cl)nn23)[C@@H]2OC(C)(C)O[C@@H]21.CCOP(=O)(OCC)[C@@](COCC[Si](C)(C)C)(COCc1nnn(COCC[Si](C)(C)C)n1)OC[C@H]1O[C@H](c2ccc3c(N(C(=O)OC(C)(C)C)C4CCCC4)nc(Cl)nn23)[C@@H]2OC(C)(C)O[C@@H]21. The number of H-pyrrole nitrogens is 1. The van der Waals surface area contributed by atoms with E-state index >= 15 is 4.57 Å². The number of hydrogen-bond acceptors (Lipinski definition) is 32. The van der Waals surface area contributed by atoms with Gasteiger partial charge in [0, 0.05) is 41.4 Å². The standard InChI is InChI=1S/C44H76ClN8O12PSi2.C28H42ClN8O9P/c1-14-60-66(55,61-15-2)44(28-56-22-24-67(8,9)10,29-58-27-35-47-50-51(48-35)30-57-23-25-68(11,12)13)59-26-34-37-38(64-43(6,7)63-37)36(62-34)32-20-21-33-39(46-40(45)49-53(32)33)52(31-18-16-17-19-31)41(54)65-42(3,4)5;1-5-42-47(39,43-6-2)28(15-38,16-40-14-21-32-35-36-33-21)41-13-20-23-24(46-27(3,4)45-23)22(44-20)18-11-12-19-25(30-17-9-7-8-10-17)31-26(29)34-37(18)19/h20-21,31,34,36-38H,14-19,22-30H2,1-13H3;11-12,17,20,22-24,38H,5-10,13-16H2,1-4H3,(H,30,31,34)(H,32,33,35,36)/t34-,36-,37-,38+,44+;20-,22-,23-,24+,28+/m11/s1. The predicted octanol–water partition coefficient (Wildman–Crippen LogP) is 12.3. The molecule has 37 nitrogen and oxygen atoms in total. The minimum atomic E-state index is -4.19. The molecule has 4 aliphatic heterocycles. The van der Waals surface area contributed by atoms with Crippen LogP contribution < -0.4 is 10.2 Å². The molecule has 1 amide bonds. The number of aromatic nitrogens is 14. The van der Waals surface area contributed by atoms with Crippen molar-refractivity contribution in [3.8, 4) is 0 Å². The molecule has 6 fully saturated rings. The monoisotopic (exact) mass is 1730 g/mol. The third kappa shape index (κ3) is 22.5. The number of nitrogens with one attached hydrogen (secondary N) is 2. The number of fused-ring (bicyclic) bond motifs is 4. The number of tetrazole rings is 2. The lowest BCUT2D eigenvalue weighted by Gasteiger charge is -2.39. The molecule has 4 saturated heterocycles. The van der Waals surface area contributed by atoms with E-state index in [1.165, 1.54) is 17.6 Å². The zero-order valence-electron chi connectivity index (χ0n) is 69.3. The molecule has 0 unspecified atom stereocenters. The van der Waals surface area contributed by atoms with Crippen LogP contribution >= 0.6 is 38.4 Å². The Morgan fingerprint density at radius 3 is 1.66 bits per heavy atom. The van der Waals surface area contributed by atoms with Crippen LogP contribution in [0.3, 0.4) is 0 Å². The maximum atomic E-state index is 15.2. The van der Waals surface area contributed by atoms with E-state index in [1.54, 1.807) is 41.6 Å². The maximum absolute atomic E-state index is 15.2. The highest BCUT2D eigenvalue weighted by atomic mass is 35.5. The van der Waals surface area contributed by atoms with Crippen molar-refractivity contribution in [3.05, 3.63) is 57.9 Å². The Morgan fingerprint density at radius 2 is 1.13 bits per heavy atom. The van der Waals surface area contributed by atoms with Crippen molar-refractivity contribution in [2.45, 2.75) is 288 Å². The summed E-state index contributed by atoms with van der Waals surface area (Å²) in [5, 5.41) is 46.0. The number of aliphatic hydroxyl groups excluding tert-OH is 1. The second-order valence-corrected chi connectivity index (χ2v) is 50.3. The molecule has 6 aromatic rings. The van der Waals surface area contributed by atoms with E-state index in [-0.39, 0.29) is 102 Å². The van der Waals surface area contributed by atoms with Crippen LogP contribution in [0.1, 0.15) is 163 Å². The van der Waals surface area contributed by atoms with Gasteiger partial charge in [0.15, 0.2) is 41.6 Å². The van der Waals surface area contributed by atoms with Crippen molar-refractivity contribution in [2.24, 2.45) is 0 Å². The molecular formula is C72H118Cl2N16O21P2Si2. The highest BCUT2D eigenvalue weighted by Crippen LogP contribution is 2.63. The van der Waals surface area contributed by atoms with Crippen LogP contribution in [-0.2, 0) is 109 Å². The largest absolute Gasteiger partial charge is 0.443 e. The van der Waals surface area contributed by atoms with Gasteiger partial charge < -0.3 is 90.1 Å². The van der Waals surface area contributed by atoms with E-state index in [0.717, 1.165) is 56.1 Å². The van der Waals surface area contributed by atoms with Gasteiger partial charge in [-0.2, -0.15) is 15.2 Å². The van der Waals surface area contributed by atoms with Crippen LogP contribution in [0.4, 0.5) is 16.4 Å². The fourth-order valence-electron chi connectivity index (χ4n) is 14.7. The molecule has 10 atom stereocenters.